The summed E-state index contributed by atoms with van der Waals surface area (Å²) >= 11 is 0. The fraction of sp³-hybridized carbons (Fsp3) is 0.357. The van der Waals surface area contributed by atoms with Gasteiger partial charge in [-0.05, 0) is 37.3 Å². The van der Waals surface area contributed by atoms with Crippen molar-refractivity contribution in [1.29, 1.82) is 0 Å². The maximum absolute atomic E-state index is 11.3. The van der Waals surface area contributed by atoms with Crippen LogP contribution in [0.1, 0.15) is 24.8 Å². The van der Waals surface area contributed by atoms with E-state index in [2.05, 4.69) is 0 Å². The summed E-state index contributed by atoms with van der Waals surface area (Å²) in [6, 6.07) is 9.22. The molecular weight excluding hydrogens is 214 g/mol. The van der Waals surface area contributed by atoms with Crippen molar-refractivity contribution in [3.8, 4) is 0 Å². The number of hydrogen-bond donors (Lipinski definition) is 1. The molecule has 0 aliphatic heterocycles. The average molecular weight is 229 g/mol. The summed E-state index contributed by atoms with van der Waals surface area (Å²) in [5.41, 5.74) is 7.61. The van der Waals surface area contributed by atoms with Gasteiger partial charge in [-0.2, -0.15) is 0 Å². The summed E-state index contributed by atoms with van der Waals surface area (Å²) in [4.78, 5) is 11.3. The first-order valence-electron chi connectivity index (χ1n) is 5.97. The average Bonchev–Trinajstić information content (AvgIpc) is 3.05. The molecule has 17 heavy (non-hydrogen) atoms. The standard InChI is InChI=1S/C14H15NO2/c15-14(8-9-14)7-6-11-3-1-2-10-4-5-12(16)17-13(10)11/h1-5H,6-9,15H2. The van der Waals surface area contributed by atoms with Crippen LogP contribution in [0.15, 0.2) is 39.5 Å². The van der Waals surface area contributed by atoms with Crippen molar-refractivity contribution in [2.75, 3.05) is 0 Å². The zero-order valence-corrected chi connectivity index (χ0v) is 9.61. The van der Waals surface area contributed by atoms with Crippen LogP contribution >= 0.6 is 0 Å². The molecule has 3 rings (SSSR count). The van der Waals surface area contributed by atoms with Gasteiger partial charge >= 0.3 is 5.63 Å². The Morgan fingerprint density at radius 2 is 2.06 bits per heavy atom. The Hall–Kier alpha value is -1.61. The van der Waals surface area contributed by atoms with Crippen LogP contribution in [0.4, 0.5) is 0 Å². The molecule has 1 aromatic carbocycles. The summed E-state index contributed by atoms with van der Waals surface area (Å²) in [7, 11) is 0. The number of hydrogen-bond acceptors (Lipinski definition) is 3. The van der Waals surface area contributed by atoms with E-state index in [0.29, 0.717) is 5.58 Å². The lowest BCUT2D eigenvalue weighted by Gasteiger charge is -2.09. The Balaban J connectivity index is 1.97. The Labute approximate surface area is 99.2 Å². The van der Waals surface area contributed by atoms with Crippen LogP contribution < -0.4 is 11.4 Å². The first-order chi connectivity index (χ1) is 8.16. The van der Waals surface area contributed by atoms with Gasteiger partial charge in [0.05, 0.1) is 0 Å². The topological polar surface area (TPSA) is 56.2 Å². The largest absolute Gasteiger partial charge is 0.422 e. The summed E-state index contributed by atoms with van der Waals surface area (Å²) in [5.74, 6) is 0. The van der Waals surface area contributed by atoms with E-state index in [1.165, 1.54) is 6.07 Å². The van der Waals surface area contributed by atoms with Gasteiger partial charge in [0, 0.05) is 17.0 Å². The monoisotopic (exact) mass is 229 g/mol. The van der Waals surface area contributed by atoms with E-state index in [1.807, 2.05) is 18.2 Å². The number of rotatable bonds is 3. The molecule has 1 aliphatic carbocycles. The lowest BCUT2D eigenvalue weighted by Crippen LogP contribution is -2.22. The quantitative estimate of drug-likeness (QED) is 0.821. The maximum atomic E-state index is 11.3. The SMILES string of the molecule is NC1(CCc2cccc3ccc(=O)oc23)CC1. The van der Waals surface area contributed by atoms with Crippen LogP contribution in [0.5, 0.6) is 0 Å². The highest BCUT2D eigenvalue weighted by Gasteiger charge is 2.37. The Kier molecular flexibility index (Phi) is 2.30. The second-order valence-electron chi connectivity index (χ2n) is 4.95. The third kappa shape index (κ3) is 2.11. The number of aryl methyl sites for hydroxylation is 1. The van der Waals surface area contributed by atoms with Crippen molar-refractivity contribution in [2.24, 2.45) is 5.73 Å². The molecule has 1 saturated carbocycles. The van der Waals surface area contributed by atoms with Gasteiger partial charge in [0.1, 0.15) is 5.58 Å². The molecule has 0 saturated heterocycles. The van der Waals surface area contributed by atoms with E-state index < -0.39 is 0 Å². The van der Waals surface area contributed by atoms with Gasteiger partial charge in [-0.1, -0.05) is 18.2 Å². The Morgan fingerprint density at radius 1 is 1.24 bits per heavy atom. The predicted octanol–water partition coefficient (Wildman–Crippen LogP) is 2.22. The van der Waals surface area contributed by atoms with Gasteiger partial charge in [-0.3, -0.25) is 0 Å². The molecule has 0 atom stereocenters. The lowest BCUT2D eigenvalue weighted by atomic mass is 10.0. The third-order valence-electron chi connectivity index (χ3n) is 3.51. The summed E-state index contributed by atoms with van der Waals surface area (Å²) in [6.07, 6.45) is 4.06. The molecule has 0 radical (unpaired) electrons. The highest BCUT2D eigenvalue weighted by molar-refractivity contribution is 5.79. The molecule has 1 fully saturated rings. The van der Waals surface area contributed by atoms with Crippen LogP contribution in [0.2, 0.25) is 0 Å². The first-order valence-corrected chi connectivity index (χ1v) is 5.97. The van der Waals surface area contributed by atoms with Crippen LogP contribution in [0, 0.1) is 0 Å². The van der Waals surface area contributed by atoms with E-state index in [-0.39, 0.29) is 11.2 Å². The van der Waals surface area contributed by atoms with Crippen LogP contribution in [0.25, 0.3) is 11.0 Å². The third-order valence-corrected chi connectivity index (χ3v) is 3.51. The van der Waals surface area contributed by atoms with E-state index in [1.54, 1.807) is 6.07 Å². The van der Waals surface area contributed by atoms with Gasteiger partial charge in [-0.15, -0.1) is 0 Å². The van der Waals surface area contributed by atoms with E-state index in [9.17, 15) is 4.79 Å². The minimum atomic E-state index is -0.293. The molecule has 88 valence electrons. The fourth-order valence-electron chi connectivity index (χ4n) is 2.14. The number of para-hydroxylation sites is 1. The van der Waals surface area contributed by atoms with Crippen molar-refractivity contribution in [3.05, 3.63) is 46.3 Å². The van der Waals surface area contributed by atoms with E-state index in [0.717, 1.165) is 36.6 Å². The van der Waals surface area contributed by atoms with Crippen LogP contribution in [-0.2, 0) is 6.42 Å². The first kappa shape index (κ1) is 10.5. The number of nitrogens with two attached hydrogens (primary N) is 1. The molecule has 1 aliphatic rings. The zero-order valence-electron chi connectivity index (χ0n) is 9.61. The summed E-state index contributed by atoms with van der Waals surface area (Å²) in [5, 5.41) is 0.976. The maximum Gasteiger partial charge on any atom is 0.336 e. The Morgan fingerprint density at radius 3 is 2.82 bits per heavy atom. The predicted molar refractivity (Wildman–Crippen MR) is 67.0 cm³/mol. The molecule has 3 heteroatoms. The molecule has 0 unspecified atom stereocenters. The van der Waals surface area contributed by atoms with Crippen molar-refractivity contribution in [3.63, 3.8) is 0 Å². The fourth-order valence-corrected chi connectivity index (χ4v) is 2.14. The second-order valence-corrected chi connectivity index (χ2v) is 4.95. The van der Waals surface area contributed by atoms with Crippen molar-refractivity contribution in [1.82, 2.24) is 0 Å². The number of benzene rings is 1. The highest BCUT2D eigenvalue weighted by atomic mass is 16.4. The second kappa shape index (κ2) is 3.70. The molecule has 2 N–H and O–H groups in total. The number of fused-ring (bicyclic) bond motifs is 1. The van der Waals surface area contributed by atoms with Gasteiger partial charge in [0.25, 0.3) is 0 Å². The minimum absolute atomic E-state index is 0.0389. The van der Waals surface area contributed by atoms with Crippen LogP contribution in [-0.4, -0.2) is 5.54 Å². The van der Waals surface area contributed by atoms with Crippen molar-refractivity contribution < 1.29 is 4.42 Å². The van der Waals surface area contributed by atoms with Gasteiger partial charge < -0.3 is 10.2 Å². The lowest BCUT2D eigenvalue weighted by molar-refractivity contribution is 0.550. The van der Waals surface area contributed by atoms with E-state index >= 15 is 0 Å². The van der Waals surface area contributed by atoms with E-state index in [4.69, 9.17) is 10.2 Å². The van der Waals surface area contributed by atoms with Gasteiger partial charge in [-0.25, -0.2) is 4.79 Å². The van der Waals surface area contributed by atoms with Gasteiger partial charge in [0.2, 0.25) is 0 Å². The molecule has 2 aromatic rings. The zero-order chi connectivity index (χ0) is 11.9. The van der Waals surface area contributed by atoms with Crippen molar-refractivity contribution >= 4 is 11.0 Å². The van der Waals surface area contributed by atoms with Crippen LogP contribution in [0.3, 0.4) is 0 Å². The molecular formula is C14H15NO2. The van der Waals surface area contributed by atoms with Gasteiger partial charge in [0.15, 0.2) is 0 Å². The van der Waals surface area contributed by atoms with Crippen molar-refractivity contribution in [2.45, 2.75) is 31.2 Å². The summed E-state index contributed by atoms with van der Waals surface area (Å²) < 4.78 is 5.28. The molecule has 0 amide bonds. The normalized spacial score (nSPS) is 17.2. The highest BCUT2D eigenvalue weighted by Crippen LogP contribution is 2.37. The Bertz CT molecular complexity index is 611. The smallest absolute Gasteiger partial charge is 0.336 e. The molecule has 0 spiro atoms. The molecule has 3 nitrogen and oxygen atoms in total. The summed E-state index contributed by atoms with van der Waals surface area (Å²) in [6.45, 7) is 0. The molecule has 0 bridgehead atoms. The molecule has 1 aromatic heterocycles. The minimum Gasteiger partial charge on any atom is -0.422 e. The molecule has 1 heterocycles.